The van der Waals surface area contributed by atoms with E-state index in [1.54, 1.807) is 25.7 Å². The van der Waals surface area contributed by atoms with Crippen molar-refractivity contribution < 1.29 is 23.9 Å². The maximum Gasteiger partial charge on any atom is 0.408 e. The molecule has 43 heavy (non-hydrogen) atoms. The van der Waals surface area contributed by atoms with Crippen LogP contribution in [0.1, 0.15) is 75.6 Å². The number of fused-ring (bicyclic) bond motifs is 1. The van der Waals surface area contributed by atoms with Crippen molar-refractivity contribution in [3.05, 3.63) is 77.4 Å². The molecule has 4 amide bonds. The largest absolute Gasteiger partial charge is 0.444 e. The summed E-state index contributed by atoms with van der Waals surface area (Å²) in [6.45, 7) is 9.06. The zero-order chi connectivity index (χ0) is 31.3. The molecule has 0 spiro atoms. The Hall–Kier alpha value is -4.40. The second-order valence-electron chi connectivity index (χ2n) is 12.3. The number of benzene rings is 3. The molecule has 0 radical (unpaired) electrons. The third-order valence-electron chi connectivity index (χ3n) is 7.65. The van der Waals surface area contributed by atoms with Crippen LogP contribution in [0.15, 0.2) is 60.7 Å². The normalized spacial score (nSPS) is 14.7. The summed E-state index contributed by atoms with van der Waals surface area (Å²) in [4.78, 5) is 54.9. The molecule has 228 valence electrons. The quantitative estimate of drug-likeness (QED) is 0.282. The monoisotopic (exact) mass is 586 g/mol. The van der Waals surface area contributed by atoms with E-state index < -0.39 is 35.6 Å². The van der Waals surface area contributed by atoms with Gasteiger partial charge in [-0.15, -0.1) is 0 Å². The van der Waals surface area contributed by atoms with Crippen LogP contribution < -0.4 is 16.4 Å². The minimum absolute atomic E-state index is 0.0253. The molecule has 1 aliphatic carbocycles. The Morgan fingerprint density at radius 2 is 1.67 bits per heavy atom. The van der Waals surface area contributed by atoms with Crippen molar-refractivity contribution in [3.63, 3.8) is 0 Å². The van der Waals surface area contributed by atoms with Gasteiger partial charge in [-0.1, -0.05) is 54.1 Å². The number of rotatable bonds is 10. The number of carbonyl (C=O) groups excluding carboxylic acids is 4. The topological polar surface area (TPSA) is 131 Å². The molecule has 0 heterocycles. The predicted octanol–water partition coefficient (Wildman–Crippen LogP) is 5.68. The summed E-state index contributed by atoms with van der Waals surface area (Å²) in [5, 5.41) is 7.73. The van der Waals surface area contributed by atoms with Crippen molar-refractivity contribution >= 4 is 40.3 Å². The zero-order valence-electron chi connectivity index (χ0n) is 25.6. The number of nitrogens with one attached hydrogen (secondary N) is 2. The van der Waals surface area contributed by atoms with Crippen LogP contribution in [0.5, 0.6) is 0 Å². The smallest absolute Gasteiger partial charge is 0.408 e. The number of alkyl carbamates (subject to hydrolysis) is 1. The summed E-state index contributed by atoms with van der Waals surface area (Å²) in [6, 6.07) is 17.0. The molecule has 4 rings (SSSR count). The van der Waals surface area contributed by atoms with E-state index in [-0.39, 0.29) is 24.8 Å². The van der Waals surface area contributed by atoms with Gasteiger partial charge in [-0.2, -0.15) is 0 Å². The van der Waals surface area contributed by atoms with E-state index in [1.165, 1.54) is 0 Å². The number of nitrogens with two attached hydrogens (primary N) is 1. The summed E-state index contributed by atoms with van der Waals surface area (Å²) in [7, 11) is 0. The van der Waals surface area contributed by atoms with Crippen LogP contribution in [0.2, 0.25) is 0 Å². The first-order valence-corrected chi connectivity index (χ1v) is 14.8. The van der Waals surface area contributed by atoms with E-state index in [4.69, 9.17) is 10.5 Å². The first-order valence-electron chi connectivity index (χ1n) is 14.8. The number of hydrogen-bond acceptors (Lipinski definition) is 5. The lowest BCUT2D eigenvalue weighted by Gasteiger charge is -2.44. The average molecular weight is 587 g/mol. The maximum absolute atomic E-state index is 14.4. The Kier molecular flexibility index (Phi) is 9.73. The van der Waals surface area contributed by atoms with Crippen LogP contribution in [-0.2, 0) is 19.1 Å². The predicted molar refractivity (Wildman–Crippen MR) is 167 cm³/mol. The average Bonchev–Trinajstić information content (AvgIpc) is 2.89. The third-order valence-corrected chi connectivity index (χ3v) is 7.65. The second-order valence-corrected chi connectivity index (χ2v) is 12.3. The number of hydrogen-bond donors (Lipinski definition) is 3. The Labute approximate surface area is 253 Å². The first kappa shape index (κ1) is 31.5. The SMILES string of the molecule is Cc1ccc(C(C(=O)Nc2ccc3ccccc3c2)N(C(=O)C(CCC(N)=O)NC(=O)OC(C)(C)C)C2CCC2)c(C)c1. The fraction of sp³-hybridized carbons (Fsp3) is 0.412. The van der Waals surface area contributed by atoms with Crippen molar-refractivity contribution in [2.75, 3.05) is 5.32 Å². The molecule has 2 atom stereocenters. The standard InChI is InChI=1S/C34H42N4O5/c1-21-13-16-27(22(2)19-21)30(31(40)36-25-15-14-23-9-6-7-10-24(23)20-25)38(26-11-8-12-26)32(41)28(17-18-29(35)39)37-33(42)43-34(3,4)5/h6-7,9-10,13-16,19-20,26,28,30H,8,11-12,17-18H2,1-5H3,(H2,35,39)(H,36,40)(H,37,42). The lowest BCUT2D eigenvalue weighted by Crippen LogP contribution is -2.57. The number of nitrogens with zero attached hydrogens (tertiary/aromatic N) is 1. The molecule has 0 saturated heterocycles. The Bertz CT molecular complexity index is 1510. The second kappa shape index (κ2) is 13.3. The van der Waals surface area contributed by atoms with Gasteiger partial charge in [0.25, 0.3) is 5.91 Å². The molecule has 0 bridgehead atoms. The summed E-state index contributed by atoms with van der Waals surface area (Å²) < 4.78 is 5.43. The van der Waals surface area contributed by atoms with Gasteiger partial charge < -0.3 is 26.0 Å². The molecule has 1 saturated carbocycles. The molecule has 2 unspecified atom stereocenters. The van der Waals surface area contributed by atoms with E-state index >= 15 is 0 Å². The number of ether oxygens (including phenoxy) is 1. The molecule has 3 aromatic rings. The van der Waals surface area contributed by atoms with Gasteiger partial charge >= 0.3 is 6.09 Å². The number of aryl methyl sites for hydroxylation is 2. The molecule has 0 aliphatic heterocycles. The van der Waals surface area contributed by atoms with E-state index in [2.05, 4.69) is 10.6 Å². The van der Waals surface area contributed by atoms with Gasteiger partial charge in [0, 0.05) is 18.2 Å². The zero-order valence-corrected chi connectivity index (χ0v) is 25.6. The van der Waals surface area contributed by atoms with E-state index in [0.717, 1.165) is 28.3 Å². The van der Waals surface area contributed by atoms with Gasteiger partial charge in [0.05, 0.1) is 0 Å². The number of carbonyl (C=O) groups is 4. The van der Waals surface area contributed by atoms with Crippen molar-refractivity contribution in [3.8, 4) is 0 Å². The summed E-state index contributed by atoms with van der Waals surface area (Å²) >= 11 is 0. The van der Waals surface area contributed by atoms with Crippen LogP contribution >= 0.6 is 0 Å². The Morgan fingerprint density at radius 3 is 2.28 bits per heavy atom. The minimum atomic E-state index is -1.12. The van der Waals surface area contributed by atoms with Gasteiger partial charge in [-0.05, 0) is 94.3 Å². The molecule has 1 aliphatic rings. The van der Waals surface area contributed by atoms with Crippen molar-refractivity contribution in [1.29, 1.82) is 0 Å². The maximum atomic E-state index is 14.4. The van der Waals surface area contributed by atoms with E-state index in [0.29, 0.717) is 24.1 Å². The highest BCUT2D eigenvalue weighted by molar-refractivity contribution is 6.00. The molecule has 1 fully saturated rings. The molecule has 3 aromatic carbocycles. The van der Waals surface area contributed by atoms with Crippen LogP contribution in [-0.4, -0.2) is 46.4 Å². The van der Waals surface area contributed by atoms with Crippen LogP contribution in [0.25, 0.3) is 10.8 Å². The van der Waals surface area contributed by atoms with E-state index in [9.17, 15) is 19.2 Å². The number of primary amides is 1. The van der Waals surface area contributed by atoms with Gasteiger partial charge in [-0.25, -0.2) is 4.79 Å². The van der Waals surface area contributed by atoms with E-state index in [1.807, 2.05) is 74.5 Å². The Morgan fingerprint density at radius 1 is 0.977 bits per heavy atom. The molecular formula is C34H42N4O5. The third kappa shape index (κ3) is 8.12. The van der Waals surface area contributed by atoms with Crippen LogP contribution in [0.4, 0.5) is 10.5 Å². The van der Waals surface area contributed by atoms with Crippen molar-refractivity contribution in [1.82, 2.24) is 10.2 Å². The highest BCUT2D eigenvalue weighted by Gasteiger charge is 2.42. The highest BCUT2D eigenvalue weighted by atomic mass is 16.6. The molecule has 9 nitrogen and oxygen atoms in total. The first-order chi connectivity index (χ1) is 20.3. The lowest BCUT2D eigenvalue weighted by atomic mass is 9.86. The van der Waals surface area contributed by atoms with Crippen LogP contribution in [0.3, 0.4) is 0 Å². The van der Waals surface area contributed by atoms with Gasteiger partial charge in [-0.3, -0.25) is 14.4 Å². The van der Waals surface area contributed by atoms with Crippen molar-refractivity contribution in [2.45, 2.75) is 90.4 Å². The number of amides is 4. The Balaban J connectivity index is 1.74. The number of anilines is 1. The van der Waals surface area contributed by atoms with Crippen molar-refractivity contribution in [2.24, 2.45) is 5.73 Å². The minimum Gasteiger partial charge on any atom is -0.444 e. The highest BCUT2D eigenvalue weighted by Crippen LogP contribution is 2.36. The fourth-order valence-corrected chi connectivity index (χ4v) is 5.38. The molecule has 0 aromatic heterocycles. The summed E-state index contributed by atoms with van der Waals surface area (Å²) in [6.07, 6.45) is 1.40. The van der Waals surface area contributed by atoms with Gasteiger partial charge in [0.1, 0.15) is 17.7 Å². The van der Waals surface area contributed by atoms with Gasteiger partial charge in [0.2, 0.25) is 11.8 Å². The fourth-order valence-electron chi connectivity index (χ4n) is 5.38. The molecule has 4 N–H and O–H groups in total. The van der Waals surface area contributed by atoms with Crippen LogP contribution in [0, 0.1) is 13.8 Å². The summed E-state index contributed by atoms with van der Waals surface area (Å²) in [5.41, 5.74) is 7.83. The molecule has 9 heteroatoms. The molecular weight excluding hydrogens is 544 g/mol. The lowest BCUT2D eigenvalue weighted by molar-refractivity contribution is -0.146. The summed E-state index contributed by atoms with van der Waals surface area (Å²) in [5.74, 6) is -1.43. The van der Waals surface area contributed by atoms with Gasteiger partial charge in [0.15, 0.2) is 0 Å².